The normalized spacial score (nSPS) is 10.8. The van der Waals surface area contributed by atoms with Gasteiger partial charge in [0.25, 0.3) is 0 Å². The topological polar surface area (TPSA) is 37.0 Å². The summed E-state index contributed by atoms with van der Waals surface area (Å²) in [5, 5.41) is 8.36. The Bertz CT molecular complexity index is 675. The second kappa shape index (κ2) is 5.92. The maximum Gasteiger partial charge on any atom is 0.126 e. The van der Waals surface area contributed by atoms with Crippen LogP contribution in [0, 0.1) is 11.8 Å². The lowest BCUT2D eigenvalue weighted by molar-refractivity contribution is 1.11. The van der Waals surface area contributed by atoms with Gasteiger partial charge in [-0.2, -0.15) is 0 Å². The molecule has 0 radical (unpaired) electrons. The molecule has 0 bridgehead atoms. The van der Waals surface area contributed by atoms with Crippen LogP contribution in [0.3, 0.4) is 0 Å². The number of fused-ring (bicyclic) bond motifs is 1. The van der Waals surface area contributed by atoms with Crippen molar-refractivity contribution < 1.29 is 0 Å². The van der Waals surface area contributed by atoms with Gasteiger partial charge in [0.1, 0.15) is 5.82 Å². The van der Waals surface area contributed by atoms with Gasteiger partial charge in [0.05, 0.1) is 0 Å². The van der Waals surface area contributed by atoms with Crippen molar-refractivity contribution in [3.63, 3.8) is 0 Å². The molecule has 0 amide bonds. The summed E-state index contributed by atoms with van der Waals surface area (Å²) in [6.45, 7) is 1.84. The van der Waals surface area contributed by atoms with Gasteiger partial charge in [0, 0.05) is 37.5 Å². The van der Waals surface area contributed by atoms with E-state index in [1.54, 1.807) is 0 Å². The number of anilines is 1. The monoisotopic (exact) mass is 251 g/mol. The van der Waals surface area contributed by atoms with E-state index < -0.39 is 0 Å². The first kappa shape index (κ1) is 13.0. The van der Waals surface area contributed by atoms with Gasteiger partial charge < -0.3 is 10.6 Å². The summed E-state index contributed by atoms with van der Waals surface area (Å²) >= 11 is 0. The molecule has 0 saturated heterocycles. The van der Waals surface area contributed by atoms with Gasteiger partial charge in [-0.1, -0.05) is 18.1 Å². The Morgan fingerprint density at radius 2 is 2.05 bits per heavy atom. The van der Waals surface area contributed by atoms with Gasteiger partial charge in [-0.15, -0.1) is 5.92 Å². The van der Waals surface area contributed by atoms with Crippen molar-refractivity contribution in [3.8, 4) is 11.8 Å². The van der Waals surface area contributed by atoms with E-state index in [2.05, 4.69) is 45.7 Å². The lowest BCUT2D eigenvalue weighted by Crippen LogP contribution is -1.96. The first-order valence-corrected chi connectivity index (χ1v) is 6.16. The van der Waals surface area contributed by atoms with Crippen LogP contribution in [0.4, 0.5) is 5.82 Å². The molecule has 96 valence electrons. The van der Waals surface area contributed by atoms with E-state index in [9.17, 15) is 0 Å². The number of pyridine rings is 1. The van der Waals surface area contributed by atoms with E-state index in [4.69, 9.17) is 0 Å². The number of hydrogen-bond acceptors (Lipinski definition) is 3. The molecule has 0 spiro atoms. The van der Waals surface area contributed by atoms with Gasteiger partial charge >= 0.3 is 0 Å². The van der Waals surface area contributed by atoms with E-state index in [0.29, 0.717) is 0 Å². The molecule has 1 aromatic carbocycles. The van der Waals surface area contributed by atoms with E-state index in [1.165, 1.54) is 0 Å². The smallest absolute Gasteiger partial charge is 0.126 e. The van der Waals surface area contributed by atoms with E-state index in [0.717, 1.165) is 27.7 Å². The van der Waals surface area contributed by atoms with Crippen LogP contribution in [0.15, 0.2) is 36.7 Å². The molecule has 0 aliphatic heterocycles. The summed E-state index contributed by atoms with van der Waals surface area (Å²) in [6, 6.07) is 8.30. The number of allylic oxidation sites excluding steroid dienone is 1. The average molecular weight is 251 g/mol. The van der Waals surface area contributed by atoms with Crippen molar-refractivity contribution in [3.05, 3.63) is 42.2 Å². The molecule has 1 aromatic heterocycles. The first-order chi connectivity index (χ1) is 9.28. The fourth-order valence-electron chi connectivity index (χ4n) is 1.92. The molecule has 0 unspecified atom stereocenters. The second-order valence-corrected chi connectivity index (χ2v) is 4.10. The summed E-state index contributed by atoms with van der Waals surface area (Å²) in [6.07, 6.45) is 3.79. The number of rotatable bonds is 3. The average Bonchev–Trinajstić information content (AvgIpc) is 2.46. The highest BCUT2D eigenvalue weighted by atomic mass is 14.9. The molecule has 2 N–H and O–H groups in total. The number of aromatic nitrogens is 1. The van der Waals surface area contributed by atoms with Gasteiger partial charge in [-0.3, -0.25) is 0 Å². The Morgan fingerprint density at radius 3 is 2.74 bits per heavy atom. The Labute approximate surface area is 113 Å². The molecule has 2 aromatic rings. The highest BCUT2D eigenvalue weighted by Crippen LogP contribution is 2.22. The van der Waals surface area contributed by atoms with Crippen LogP contribution in [0.2, 0.25) is 0 Å². The molecular weight excluding hydrogens is 234 g/mol. The van der Waals surface area contributed by atoms with Crippen LogP contribution < -0.4 is 10.6 Å². The number of benzene rings is 1. The summed E-state index contributed by atoms with van der Waals surface area (Å²) in [5.74, 6) is 6.92. The minimum Gasteiger partial charge on any atom is -0.393 e. The molecule has 0 aliphatic carbocycles. The molecule has 3 nitrogen and oxygen atoms in total. The predicted octanol–water partition coefficient (Wildman–Crippen LogP) is 2.86. The Kier molecular flexibility index (Phi) is 4.04. The third-order valence-electron chi connectivity index (χ3n) is 2.84. The number of nitrogens with one attached hydrogen (secondary N) is 2. The lowest BCUT2D eigenvalue weighted by Gasteiger charge is -2.05. The zero-order valence-corrected chi connectivity index (χ0v) is 11.4. The summed E-state index contributed by atoms with van der Waals surface area (Å²) in [5.41, 5.74) is 2.08. The molecule has 0 fully saturated rings. The zero-order valence-electron chi connectivity index (χ0n) is 11.4. The van der Waals surface area contributed by atoms with Crippen molar-refractivity contribution in [1.29, 1.82) is 0 Å². The molecule has 19 heavy (non-hydrogen) atoms. The van der Waals surface area contributed by atoms with Crippen LogP contribution in [0.5, 0.6) is 0 Å². The van der Waals surface area contributed by atoms with Crippen molar-refractivity contribution >= 4 is 22.2 Å². The van der Waals surface area contributed by atoms with E-state index in [1.807, 2.05) is 39.5 Å². The lowest BCUT2D eigenvalue weighted by atomic mass is 10.0. The minimum atomic E-state index is 0.866. The quantitative estimate of drug-likeness (QED) is 0.824. The van der Waals surface area contributed by atoms with Crippen LogP contribution in [0.25, 0.3) is 16.3 Å². The molecule has 0 atom stereocenters. The largest absolute Gasteiger partial charge is 0.393 e. The maximum absolute atomic E-state index is 4.31. The van der Waals surface area contributed by atoms with Crippen LogP contribution >= 0.6 is 0 Å². The molecular formula is C16H17N3. The van der Waals surface area contributed by atoms with E-state index >= 15 is 0 Å². The first-order valence-electron chi connectivity index (χ1n) is 6.16. The molecule has 3 heteroatoms. The van der Waals surface area contributed by atoms with Crippen LogP contribution in [-0.2, 0) is 0 Å². The standard InChI is InChI=1S/C16H17N3/c1-4-5-13(10-17-2)12-6-7-14-11-19-16(18-3)9-15(14)8-12/h6-11,17H,1-3H3,(H,18,19)/b13-10+. The highest BCUT2D eigenvalue weighted by molar-refractivity contribution is 5.90. The minimum absolute atomic E-state index is 0.866. The Hall–Kier alpha value is -2.47. The molecule has 0 saturated carbocycles. The molecule has 1 heterocycles. The van der Waals surface area contributed by atoms with Crippen molar-refractivity contribution in [1.82, 2.24) is 10.3 Å². The summed E-state index contributed by atoms with van der Waals surface area (Å²) in [4.78, 5) is 4.31. The van der Waals surface area contributed by atoms with Crippen molar-refractivity contribution in [2.75, 3.05) is 19.4 Å². The fraction of sp³-hybridized carbons (Fsp3) is 0.188. The summed E-state index contributed by atoms with van der Waals surface area (Å²) < 4.78 is 0. The second-order valence-electron chi connectivity index (χ2n) is 4.10. The zero-order chi connectivity index (χ0) is 13.7. The molecule has 0 aliphatic rings. The van der Waals surface area contributed by atoms with Crippen LogP contribution in [-0.4, -0.2) is 19.1 Å². The third kappa shape index (κ3) is 2.86. The Balaban J connectivity index is 2.54. The maximum atomic E-state index is 4.31. The van der Waals surface area contributed by atoms with Gasteiger partial charge in [0.2, 0.25) is 0 Å². The summed E-state index contributed by atoms with van der Waals surface area (Å²) in [7, 11) is 3.74. The van der Waals surface area contributed by atoms with Gasteiger partial charge in [-0.05, 0) is 30.0 Å². The van der Waals surface area contributed by atoms with Gasteiger partial charge in [-0.25, -0.2) is 4.98 Å². The number of nitrogens with zero attached hydrogens (tertiary/aromatic N) is 1. The Morgan fingerprint density at radius 1 is 1.21 bits per heavy atom. The van der Waals surface area contributed by atoms with Crippen molar-refractivity contribution in [2.45, 2.75) is 6.92 Å². The van der Waals surface area contributed by atoms with Gasteiger partial charge in [0.15, 0.2) is 0 Å². The van der Waals surface area contributed by atoms with Crippen LogP contribution in [0.1, 0.15) is 12.5 Å². The third-order valence-corrected chi connectivity index (χ3v) is 2.84. The van der Waals surface area contributed by atoms with E-state index in [-0.39, 0.29) is 0 Å². The van der Waals surface area contributed by atoms with Crippen molar-refractivity contribution in [2.24, 2.45) is 0 Å². The highest BCUT2D eigenvalue weighted by Gasteiger charge is 2.02. The predicted molar refractivity (Wildman–Crippen MR) is 81.8 cm³/mol. The SMILES string of the molecule is CC#C/C(=C\NC)c1ccc2cnc(NC)cc2c1. The number of hydrogen-bond donors (Lipinski definition) is 2. The fourth-order valence-corrected chi connectivity index (χ4v) is 1.92. The molecule has 2 rings (SSSR count).